The molecule has 1 fully saturated rings. The van der Waals surface area contributed by atoms with Crippen LogP contribution in [-0.2, 0) is 17.6 Å². The maximum atomic E-state index is 5.58. The van der Waals surface area contributed by atoms with Crippen molar-refractivity contribution in [1.29, 1.82) is 0 Å². The van der Waals surface area contributed by atoms with Gasteiger partial charge in [-0.05, 0) is 49.1 Å². The molecule has 2 heteroatoms. The van der Waals surface area contributed by atoms with Crippen LogP contribution in [0.4, 0.5) is 5.69 Å². The molecule has 1 aromatic carbocycles. The van der Waals surface area contributed by atoms with E-state index in [4.69, 9.17) is 4.74 Å². The summed E-state index contributed by atoms with van der Waals surface area (Å²) in [5, 5.41) is 3.58. The SMILES string of the molecule is c1cc2c(c(CC3CCCOC3)c1)NCCC2. The van der Waals surface area contributed by atoms with E-state index in [1.807, 2.05) is 0 Å². The first-order valence-electron chi connectivity index (χ1n) is 6.86. The fourth-order valence-electron chi connectivity index (χ4n) is 3.03. The van der Waals surface area contributed by atoms with Crippen LogP contribution in [0.3, 0.4) is 0 Å². The summed E-state index contributed by atoms with van der Waals surface area (Å²) in [5.74, 6) is 0.721. The monoisotopic (exact) mass is 231 g/mol. The van der Waals surface area contributed by atoms with E-state index in [1.165, 1.54) is 48.9 Å². The Morgan fingerprint density at radius 3 is 3.18 bits per heavy atom. The summed E-state index contributed by atoms with van der Waals surface area (Å²) in [6.07, 6.45) is 6.23. The van der Waals surface area contributed by atoms with Gasteiger partial charge in [0.15, 0.2) is 0 Å². The third-order valence-electron chi connectivity index (χ3n) is 3.92. The molecule has 1 N–H and O–H groups in total. The third-order valence-corrected chi connectivity index (χ3v) is 3.92. The zero-order chi connectivity index (χ0) is 11.5. The molecule has 3 rings (SSSR count). The minimum atomic E-state index is 0.721. The molecule has 1 saturated heterocycles. The van der Waals surface area contributed by atoms with Gasteiger partial charge < -0.3 is 10.1 Å². The van der Waals surface area contributed by atoms with Gasteiger partial charge >= 0.3 is 0 Å². The first kappa shape index (κ1) is 11.1. The second-order valence-corrected chi connectivity index (χ2v) is 5.27. The van der Waals surface area contributed by atoms with Crippen LogP contribution in [0, 0.1) is 5.92 Å². The summed E-state index contributed by atoms with van der Waals surface area (Å²) in [7, 11) is 0. The zero-order valence-corrected chi connectivity index (χ0v) is 10.4. The van der Waals surface area contributed by atoms with Crippen molar-refractivity contribution >= 4 is 5.69 Å². The predicted molar refractivity (Wildman–Crippen MR) is 70.5 cm³/mol. The highest BCUT2D eigenvalue weighted by Gasteiger charge is 2.18. The quantitative estimate of drug-likeness (QED) is 0.844. The van der Waals surface area contributed by atoms with Gasteiger partial charge in [0, 0.05) is 25.4 Å². The second-order valence-electron chi connectivity index (χ2n) is 5.27. The summed E-state index contributed by atoms with van der Waals surface area (Å²) in [6, 6.07) is 6.76. The van der Waals surface area contributed by atoms with Gasteiger partial charge in [0.2, 0.25) is 0 Å². The largest absolute Gasteiger partial charge is 0.385 e. The lowest BCUT2D eigenvalue weighted by Crippen LogP contribution is -2.21. The maximum Gasteiger partial charge on any atom is 0.0497 e. The molecule has 1 aromatic rings. The second kappa shape index (κ2) is 5.09. The summed E-state index contributed by atoms with van der Waals surface area (Å²) in [6.45, 7) is 3.04. The van der Waals surface area contributed by atoms with E-state index in [9.17, 15) is 0 Å². The highest BCUT2D eigenvalue weighted by molar-refractivity contribution is 5.59. The van der Waals surface area contributed by atoms with E-state index in [-0.39, 0.29) is 0 Å². The topological polar surface area (TPSA) is 21.3 Å². The zero-order valence-electron chi connectivity index (χ0n) is 10.4. The Morgan fingerprint density at radius 2 is 2.29 bits per heavy atom. The fraction of sp³-hybridized carbons (Fsp3) is 0.600. The van der Waals surface area contributed by atoms with Crippen molar-refractivity contribution in [2.24, 2.45) is 5.92 Å². The lowest BCUT2D eigenvalue weighted by Gasteiger charge is -2.26. The van der Waals surface area contributed by atoms with Crippen LogP contribution in [0.15, 0.2) is 18.2 Å². The fourth-order valence-corrected chi connectivity index (χ4v) is 3.03. The van der Waals surface area contributed by atoms with Crippen LogP contribution in [0.5, 0.6) is 0 Å². The van der Waals surface area contributed by atoms with E-state index in [0.29, 0.717) is 0 Å². The number of rotatable bonds is 2. The molecule has 1 unspecified atom stereocenters. The number of fused-ring (bicyclic) bond motifs is 1. The Hall–Kier alpha value is -1.02. The van der Waals surface area contributed by atoms with Crippen molar-refractivity contribution in [2.45, 2.75) is 32.1 Å². The van der Waals surface area contributed by atoms with Crippen LogP contribution >= 0.6 is 0 Å². The lowest BCUT2D eigenvalue weighted by atomic mass is 9.90. The van der Waals surface area contributed by atoms with Gasteiger partial charge in [0.25, 0.3) is 0 Å². The first-order valence-corrected chi connectivity index (χ1v) is 6.86. The predicted octanol–water partition coefficient (Wildman–Crippen LogP) is 3.01. The van der Waals surface area contributed by atoms with Crippen LogP contribution in [-0.4, -0.2) is 19.8 Å². The molecule has 17 heavy (non-hydrogen) atoms. The lowest BCUT2D eigenvalue weighted by molar-refractivity contribution is 0.0550. The smallest absolute Gasteiger partial charge is 0.0497 e. The molecule has 2 aliphatic heterocycles. The number of para-hydroxylation sites is 1. The maximum absolute atomic E-state index is 5.58. The van der Waals surface area contributed by atoms with Gasteiger partial charge in [-0.2, -0.15) is 0 Å². The Kier molecular flexibility index (Phi) is 3.32. The van der Waals surface area contributed by atoms with Crippen molar-refractivity contribution in [3.8, 4) is 0 Å². The third kappa shape index (κ3) is 2.47. The standard InChI is InChI=1S/C15H21NO/c1-5-13-7-2-8-16-15(13)14(6-1)10-12-4-3-9-17-11-12/h1,5-6,12,16H,2-4,7-11H2. The number of benzene rings is 1. The van der Waals surface area contributed by atoms with Gasteiger partial charge in [-0.1, -0.05) is 18.2 Å². The summed E-state index contributed by atoms with van der Waals surface area (Å²) >= 11 is 0. The van der Waals surface area contributed by atoms with Crippen LogP contribution in [0.1, 0.15) is 30.4 Å². The van der Waals surface area contributed by atoms with E-state index < -0.39 is 0 Å². The van der Waals surface area contributed by atoms with Crippen LogP contribution in [0.2, 0.25) is 0 Å². The highest BCUT2D eigenvalue weighted by atomic mass is 16.5. The normalized spacial score (nSPS) is 23.9. The number of nitrogens with one attached hydrogen (secondary N) is 1. The van der Waals surface area contributed by atoms with Gasteiger partial charge in [-0.25, -0.2) is 0 Å². The van der Waals surface area contributed by atoms with E-state index in [0.717, 1.165) is 25.7 Å². The Bertz CT molecular complexity index is 383. The molecule has 0 bridgehead atoms. The molecule has 2 heterocycles. The molecular weight excluding hydrogens is 210 g/mol. The molecule has 0 aliphatic carbocycles. The molecular formula is C15H21NO. The molecule has 2 nitrogen and oxygen atoms in total. The average molecular weight is 231 g/mol. The number of anilines is 1. The highest BCUT2D eigenvalue weighted by Crippen LogP contribution is 2.29. The van der Waals surface area contributed by atoms with Gasteiger partial charge in [0.1, 0.15) is 0 Å². The van der Waals surface area contributed by atoms with Gasteiger partial charge in [0.05, 0.1) is 0 Å². The summed E-state index contributed by atoms with van der Waals surface area (Å²) in [4.78, 5) is 0. The molecule has 0 amide bonds. The average Bonchev–Trinajstić information content (AvgIpc) is 2.40. The number of hydrogen-bond donors (Lipinski definition) is 1. The van der Waals surface area contributed by atoms with E-state index >= 15 is 0 Å². The van der Waals surface area contributed by atoms with E-state index in [1.54, 1.807) is 0 Å². The minimum absolute atomic E-state index is 0.721. The van der Waals surface area contributed by atoms with E-state index in [2.05, 4.69) is 23.5 Å². The van der Waals surface area contributed by atoms with Crippen molar-refractivity contribution in [1.82, 2.24) is 0 Å². The number of ether oxygens (including phenoxy) is 1. The Morgan fingerprint density at radius 1 is 1.29 bits per heavy atom. The summed E-state index contributed by atoms with van der Waals surface area (Å²) < 4.78 is 5.58. The van der Waals surface area contributed by atoms with Crippen molar-refractivity contribution in [3.63, 3.8) is 0 Å². The van der Waals surface area contributed by atoms with Gasteiger partial charge in [-0.3, -0.25) is 0 Å². The molecule has 2 aliphatic rings. The molecule has 0 radical (unpaired) electrons. The summed E-state index contributed by atoms with van der Waals surface area (Å²) in [5.41, 5.74) is 4.42. The van der Waals surface area contributed by atoms with Crippen LogP contribution < -0.4 is 5.32 Å². The number of aryl methyl sites for hydroxylation is 1. The number of hydrogen-bond acceptors (Lipinski definition) is 2. The minimum Gasteiger partial charge on any atom is -0.385 e. The Labute approximate surface area is 103 Å². The Balaban J connectivity index is 1.77. The molecule has 0 saturated carbocycles. The molecule has 0 aromatic heterocycles. The van der Waals surface area contributed by atoms with Crippen molar-refractivity contribution in [3.05, 3.63) is 29.3 Å². The molecule has 92 valence electrons. The molecule has 0 spiro atoms. The van der Waals surface area contributed by atoms with Crippen molar-refractivity contribution in [2.75, 3.05) is 25.1 Å². The van der Waals surface area contributed by atoms with Crippen LogP contribution in [0.25, 0.3) is 0 Å². The molecule has 1 atom stereocenters. The van der Waals surface area contributed by atoms with Crippen molar-refractivity contribution < 1.29 is 4.74 Å². The first-order chi connectivity index (χ1) is 8.43. The van der Waals surface area contributed by atoms with Gasteiger partial charge in [-0.15, -0.1) is 0 Å².